The summed E-state index contributed by atoms with van der Waals surface area (Å²) in [6, 6.07) is 14.0. The van der Waals surface area contributed by atoms with E-state index in [1.165, 1.54) is 12.1 Å². The first kappa shape index (κ1) is 15.6. The fraction of sp³-hybridized carbons (Fsp3) is 0.294. The van der Waals surface area contributed by atoms with Crippen LogP contribution in [-0.2, 0) is 4.74 Å². The zero-order chi connectivity index (χ0) is 16.4. The van der Waals surface area contributed by atoms with Crippen LogP contribution < -0.4 is 0 Å². The van der Waals surface area contributed by atoms with E-state index in [0.717, 1.165) is 16.7 Å². The van der Waals surface area contributed by atoms with Crippen molar-refractivity contribution in [2.24, 2.45) is 0 Å². The Labute approximate surface area is 133 Å². The predicted octanol–water partition coefficient (Wildman–Crippen LogP) is 2.44. The lowest BCUT2D eigenvalue weighted by molar-refractivity contribution is -0.384. The number of hydrogen-bond acceptors (Lipinski definition) is 5. The van der Waals surface area contributed by atoms with Crippen molar-refractivity contribution in [3.8, 4) is 11.1 Å². The van der Waals surface area contributed by atoms with E-state index in [4.69, 9.17) is 9.84 Å². The smallest absolute Gasteiger partial charge is 0.269 e. The Balaban J connectivity index is 1.76. The number of non-ortho nitro benzene ring substituents is 1. The minimum Gasteiger partial charge on any atom is -0.394 e. The molecule has 0 bridgehead atoms. The van der Waals surface area contributed by atoms with Gasteiger partial charge in [0, 0.05) is 18.6 Å². The third-order valence-electron chi connectivity index (χ3n) is 4.10. The number of aliphatic hydroxyl groups is 2. The Kier molecular flexibility index (Phi) is 4.38. The maximum atomic E-state index is 10.7. The molecule has 3 rings (SSSR count). The lowest BCUT2D eigenvalue weighted by atomic mass is 10.00. The van der Waals surface area contributed by atoms with Gasteiger partial charge in [-0.05, 0) is 28.8 Å². The maximum Gasteiger partial charge on any atom is 0.269 e. The summed E-state index contributed by atoms with van der Waals surface area (Å²) in [7, 11) is 0. The summed E-state index contributed by atoms with van der Waals surface area (Å²) < 4.78 is 5.62. The molecule has 6 nitrogen and oxygen atoms in total. The second-order valence-corrected chi connectivity index (χ2v) is 5.57. The second kappa shape index (κ2) is 6.45. The zero-order valence-electron chi connectivity index (χ0n) is 12.3. The molecule has 1 fully saturated rings. The van der Waals surface area contributed by atoms with Crippen LogP contribution in [0.25, 0.3) is 11.1 Å². The highest BCUT2D eigenvalue weighted by molar-refractivity contribution is 5.65. The van der Waals surface area contributed by atoms with Crippen LogP contribution in [0.15, 0.2) is 48.5 Å². The van der Waals surface area contributed by atoms with E-state index in [9.17, 15) is 15.2 Å². The summed E-state index contributed by atoms with van der Waals surface area (Å²) in [5.41, 5.74) is 2.84. The molecule has 0 aliphatic carbocycles. The molecule has 1 aliphatic rings. The van der Waals surface area contributed by atoms with Crippen molar-refractivity contribution in [3.05, 3.63) is 64.2 Å². The maximum absolute atomic E-state index is 10.7. The molecule has 1 heterocycles. The number of benzene rings is 2. The van der Waals surface area contributed by atoms with Gasteiger partial charge in [-0.1, -0.05) is 24.3 Å². The lowest BCUT2D eigenvalue weighted by Gasteiger charge is -2.13. The van der Waals surface area contributed by atoms with Crippen molar-refractivity contribution in [1.82, 2.24) is 0 Å². The topological polar surface area (TPSA) is 92.8 Å². The van der Waals surface area contributed by atoms with Gasteiger partial charge < -0.3 is 14.9 Å². The normalized spacial score (nSPS) is 23.8. The van der Waals surface area contributed by atoms with E-state index in [0.29, 0.717) is 6.42 Å². The van der Waals surface area contributed by atoms with Crippen molar-refractivity contribution in [3.63, 3.8) is 0 Å². The Morgan fingerprint density at radius 3 is 2.13 bits per heavy atom. The van der Waals surface area contributed by atoms with Gasteiger partial charge in [-0.3, -0.25) is 10.1 Å². The highest BCUT2D eigenvalue weighted by Gasteiger charge is 2.34. The summed E-state index contributed by atoms with van der Waals surface area (Å²) in [5, 5.41) is 29.6. The van der Waals surface area contributed by atoms with Gasteiger partial charge in [-0.25, -0.2) is 0 Å². The van der Waals surface area contributed by atoms with Crippen LogP contribution in [0.4, 0.5) is 5.69 Å². The minimum absolute atomic E-state index is 0.0637. The molecule has 0 radical (unpaired) electrons. The molecule has 1 aliphatic heterocycles. The molecule has 23 heavy (non-hydrogen) atoms. The van der Waals surface area contributed by atoms with Crippen molar-refractivity contribution < 1.29 is 19.9 Å². The molecule has 2 aromatic rings. The van der Waals surface area contributed by atoms with Crippen molar-refractivity contribution in [1.29, 1.82) is 0 Å². The van der Waals surface area contributed by atoms with E-state index in [2.05, 4.69) is 0 Å². The first-order valence-corrected chi connectivity index (χ1v) is 7.37. The van der Waals surface area contributed by atoms with E-state index in [1.54, 1.807) is 12.1 Å². The van der Waals surface area contributed by atoms with E-state index < -0.39 is 17.1 Å². The number of aliphatic hydroxyl groups excluding tert-OH is 2. The first-order valence-electron chi connectivity index (χ1n) is 7.37. The van der Waals surface area contributed by atoms with Crippen LogP contribution in [0.1, 0.15) is 18.1 Å². The third kappa shape index (κ3) is 3.24. The van der Waals surface area contributed by atoms with Gasteiger partial charge in [-0.15, -0.1) is 0 Å². The molecule has 120 valence electrons. The molecule has 1 saturated heterocycles. The monoisotopic (exact) mass is 315 g/mol. The number of nitro groups is 1. The Bertz CT molecular complexity index is 683. The summed E-state index contributed by atoms with van der Waals surface area (Å²) in [6.07, 6.45) is -0.955. The van der Waals surface area contributed by atoms with Crippen LogP contribution in [0.5, 0.6) is 0 Å². The first-order chi connectivity index (χ1) is 11.1. The zero-order valence-corrected chi connectivity index (χ0v) is 12.3. The van der Waals surface area contributed by atoms with Gasteiger partial charge in [0.05, 0.1) is 23.7 Å². The molecule has 0 saturated carbocycles. The van der Waals surface area contributed by atoms with Crippen molar-refractivity contribution in [2.45, 2.75) is 24.7 Å². The van der Waals surface area contributed by atoms with E-state index in [1.807, 2.05) is 24.3 Å². The average Bonchev–Trinajstić information content (AvgIpc) is 2.96. The number of ether oxygens (including phenoxy) is 1. The molecule has 0 unspecified atom stereocenters. The Morgan fingerprint density at radius 1 is 1.09 bits per heavy atom. The van der Waals surface area contributed by atoms with Crippen LogP contribution in [0.3, 0.4) is 0 Å². The fourth-order valence-corrected chi connectivity index (χ4v) is 2.77. The van der Waals surface area contributed by atoms with Gasteiger partial charge in [0.25, 0.3) is 5.69 Å². The number of hydrogen-bond donors (Lipinski definition) is 2. The predicted molar refractivity (Wildman–Crippen MR) is 83.9 cm³/mol. The number of nitro benzene ring substituents is 1. The number of rotatable bonds is 4. The van der Waals surface area contributed by atoms with Crippen LogP contribution in [0.2, 0.25) is 0 Å². The summed E-state index contributed by atoms with van der Waals surface area (Å²) >= 11 is 0. The largest absolute Gasteiger partial charge is 0.394 e. The fourth-order valence-electron chi connectivity index (χ4n) is 2.77. The minimum atomic E-state index is -0.653. The van der Waals surface area contributed by atoms with Gasteiger partial charge >= 0.3 is 0 Å². The Hall–Kier alpha value is -2.28. The molecule has 2 aromatic carbocycles. The molecule has 0 aromatic heterocycles. The molecular formula is C17H17NO5. The number of nitrogens with zero attached hydrogens (tertiary/aromatic N) is 1. The quantitative estimate of drug-likeness (QED) is 0.668. The summed E-state index contributed by atoms with van der Waals surface area (Å²) in [6.45, 7) is -0.196. The lowest BCUT2D eigenvalue weighted by Crippen LogP contribution is -2.24. The van der Waals surface area contributed by atoms with Crippen LogP contribution in [-0.4, -0.2) is 34.0 Å². The highest BCUT2D eigenvalue weighted by Crippen LogP contribution is 2.34. The molecule has 6 heteroatoms. The highest BCUT2D eigenvalue weighted by atomic mass is 16.6. The van der Waals surface area contributed by atoms with Gasteiger partial charge in [0.1, 0.15) is 6.10 Å². The van der Waals surface area contributed by atoms with Crippen LogP contribution >= 0.6 is 0 Å². The van der Waals surface area contributed by atoms with Gasteiger partial charge in [0.15, 0.2) is 0 Å². The standard InChI is InChI=1S/C17H17NO5/c19-10-17-15(20)9-16(23-17)13-3-1-11(2-4-13)12-5-7-14(8-6-12)18(21)22/h1-8,15-17,19-20H,9-10H2/t15-,16+,17+/m0/s1. The Morgan fingerprint density at radius 2 is 1.65 bits per heavy atom. The van der Waals surface area contributed by atoms with Crippen molar-refractivity contribution in [2.75, 3.05) is 6.61 Å². The SMILES string of the molecule is O=[N+]([O-])c1ccc(-c2ccc([C@H]3C[C@H](O)[C@@H](CO)O3)cc2)cc1. The van der Waals surface area contributed by atoms with E-state index >= 15 is 0 Å². The molecule has 0 spiro atoms. The third-order valence-corrected chi connectivity index (χ3v) is 4.10. The molecular weight excluding hydrogens is 298 g/mol. The second-order valence-electron chi connectivity index (χ2n) is 5.57. The molecule has 2 N–H and O–H groups in total. The molecule has 3 atom stereocenters. The average molecular weight is 315 g/mol. The van der Waals surface area contributed by atoms with Gasteiger partial charge in [0.2, 0.25) is 0 Å². The van der Waals surface area contributed by atoms with Gasteiger partial charge in [-0.2, -0.15) is 0 Å². The molecule has 0 amide bonds. The van der Waals surface area contributed by atoms with Crippen molar-refractivity contribution >= 4 is 5.69 Å². The van der Waals surface area contributed by atoms with Crippen LogP contribution in [0, 0.1) is 10.1 Å². The summed E-state index contributed by atoms with van der Waals surface area (Å²) in [4.78, 5) is 10.2. The summed E-state index contributed by atoms with van der Waals surface area (Å²) in [5.74, 6) is 0. The van der Waals surface area contributed by atoms with E-state index in [-0.39, 0.29) is 18.4 Å².